The van der Waals surface area contributed by atoms with E-state index < -0.39 is 17.8 Å². The molecule has 1 aromatic rings. The number of carbonyl (C=O) groups excluding carboxylic acids is 1. The molecule has 1 aromatic carbocycles. The molecule has 114 valence electrons. The number of benzene rings is 1. The van der Waals surface area contributed by atoms with Crippen LogP contribution in [0.15, 0.2) is 18.2 Å². The van der Waals surface area contributed by atoms with E-state index >= 15 is 0 Å². The molecular formula is C15H18F2N2OS. The van der Waals surface area contributed by atoms with Crippen molar-refractivity contribution in [2.75, 3.05) is 12.3 Å². The molecule has 2 heterocycles. The van der Waals surface area contributed by atoms with Gasteiger partial charge >= 0.3 is 0 Å². The molecule has 3 atom stereocenters. The average Bonchev–Trinajstić information content (AvgIpc) is 3.03. The zero-order chi connectivity index (χ0) is 15.0. The molecule has 3 nitrogen and oxygen atoms in total. The van der Waals surface area contributed by atoms with Crippen molar-refractivity contribution in [1.29, 1.82) is 0 Å². The molecule has 1 amide bonds. The summed E-state index contributed by atoms with van der Waals surface area (Å²) in [5.74, 6) is -0.119. The van der Waals surface area contributed by atoms with Gasteiger partial charge in [-0.25, -0.2) is 8.78 Å². The summed E-state index contributed by atoms with van der Waals surface area (Å²) >= 11 is 1.86. The van der Waals surface area contributed by atoms with Crippen molar-refractivity contribution in [3.8, 4) is 0 Å². The van der Waals surface area contributed by atoms with Crippen LogP contribution in [0.5, 0.6) is 0 Å². The van der Waals surface area contributed by atoms with E-state index in [1.807, 2.05) is 11.8 Å². The number of halogens is 2. The van der Waals surface area contributed by atoms with Crippen LogP contribution in [0.2, 0.25) is 0 Å². The smallest absolute Gasteiger partial charge is 0.241 e. The van der Waals surface area contributed by atoms with E-state index in [0.717, 1.165) is 24.7 Å². The fourth-order valence-electron chi connectivity index (χ4n) is 2.96. The van der Waals surface area contributed by atoms with Gasteiger partial charge in [-0.15, -0.1) is 0 Å². The van der Waals surface area contributed by atoms with Gasteiger partial charge in [0.05, 0.1) is 6.04 Å². The highest BCUT2D eigenvalue weighted by atomic mass is 32.2. The van der Waals surface area contributed by atoms with Crippen molar-refractivity contribution >= 4 is 17.7 Å². The third-order valence-electron chi connectivity index (χ3n) is 4.05. The highest BCUT2D eigenvalue weighted by Crippen LogP contribution is 2.32. The highest BCUT2D eigenvalue weighted by Gasteiger charge is 2.39. The third-order valence-corrected chi connectivity index (χ3v) is 5.44. The Balaban J connectivity index is 1.85. The summed E-state index contributed by atoms with van der Waals surface area (Å²) in [6.07, 6.45) is 1.74. The van der Waals surface area contributed by atoms with Gasteiger partial charge in [0.2, 0.25) is 5.91 Å². The highest BCUT2D eigenvalue weighted by molar-refractivity contribution is 8.00. The van der Waals surface area contributed by atoms with Gasteiger partial charge in [0, 0.05) is 23.4 Å². The summed E-state index contributed by atoms with van der Waals surface area (Å²) < 4.78 is 27.1. The maximum atomic E-state index is 14.0. The van der Waals surface area contributed by atoms with Crippen LogP contribution >= 0.6 is 11.8 Å². The summed E-state index contributed by atoms with van der Waals surface area (Å²) in [7, 11) is 0. The molecule has 0 saturated carbocycles. The Morgan fingerprint density at radius 1 is 1.43 bits per heavy atom. The topological polar surface area (TPSA) is 32.3 Å². The van der Waals surface area contributed by atoms with Gasteiger partial charge in [0.25, 0.3) is 0 Å². The normalized spacial score (nSPS) is 29.4. The lowest BCUT2D eigenvalue weighted by molar-refractivity contribution is -0.129. The Kier molecular flexibility index (Phi) is 4.17. The molecule has 3 unspecified atom stereocenters. The lowest BCUT2D eigenvalue weighted by Crippen LogP contribution is -2.36. The second-order valence-electron chi connectivity index (χ2n) is 5.58. The molecule has 0 bridgehead atoms. The first-order chi connectivity index (χ1) is 10.1. The number of amides is 1. The molecule has 0 radical (unpaired) electrons. The molecule has 6 heteroatoms. The molecule has 21 heavy (non-hydrogen) atoms. The minimum Gasteiger partial charge on any atom is -0.320 e. The van der Waals surface area contributed by atoms with Crippen LogP contribution in [0.4, 0.5) is 8.78 Å². The minimum absolute atomic E-state index is 0.0174. The van der Waals surface area contributed by atoms with Crippen LogP contribution in [-0.2, 0) is 4.79 Å². The maximum Gasteiger partial charge on any atom is 0.241 e. The second-order valence-corrected chi connectivity index (χ2v) is 6.99. The van der Waals surface area contributed by atoms with Crippen LogP contribution < -0.4 is 5.32 Å². The SMILES string of the molecule is CC1NC(c2ccc(F)cc2F)N(CC2CCCS2)C1=O. The van der Waals surface area contributed by atoms with Gasteiger partial charge < -0.3 is 4.90 Å². The number of nitrogens with zero attached hydrogens (tertiary/aromatic N) is 1. The summed E-state index contributed by atoms with van der Waals surface area (Å²) in [6.45, 7) is 2.39. The lowest BCUT2D eigenvalue weighted by Gasteiger charge is -2.27. The second kappa shape index (κ2) is 5.93. The fourth-order valence-corrected chi connectivity index (χ4v) is 4.22. The van der Waals surface area contributed by atoms with E-state index in [9.17, 15) is 13.6 Å². The first kappa shape index (κ1) is 14.8. The summed E-state index contributed by atoms with van der Waals surface area (Å²) in [4.78, 5) is 14.0. The minimum atomic E-state index is -0.613. The van der Waals surface area contributed by atoms with E-state index in [4.69, 9.17) is 0 Å². The molecule has 0 aliphatic carbocycles. The molecular weight excluding hydrogens is 294 g/mol. The first-order valence-corrected chi connectivity index (χ1v) is 8.24. The maximum absolute atomic E-state index is 14.0. The van der Waals surface area contributed by atoms with Crippen molar-refractivity contribution in [2.45, 2.75) is 37.2 Å². The van der Waals surface area contributed by atoms with E-state index in [1.165, 1.54) is 12.1 Å². The molecule has 2 fully saturated rings. The van der Waals surface area contributed by atoms with Crippen molar-refractivity contribution in [3.63, 3.8) is 0 Å². The zero-order valence-corrected chi connectivity index (χ0v) is 12.6. The van der Waals surface area contributed by atoms with Gasteiger partial charge in [-0.3, -0.25) is 10.1 Å². The molecule has 3 rings (SSSR count). The number of thioether (sulfide) groups is 1. The van der Waals surface area contributed by atoms with Crippen molar-refractivity contribution in [2.24, 2.45) is 0 Å². The molecule has 1 N–H and O–H groups in total. The van der Waals surface area contributed by atoms with Gasteiger partial charge in [-0.05, 0) is 37.7 Å². The van der Waals surface area contributed by atoms with Crippen molar-refractivity contribution < 1.29 is 13.6 Å². The fraction of sp³-hybridized carbons (Fsp3) is 0.533. The van der Waals surface area contributed by atoms with Gasteiger partial charge in [0.1, 0.15) is 17.8 Å². The van der Waals surface area contributed by atoms with Crippen LogP contribution in [0.25, 0.3) is 0 Å². The number of hydrogen-bond acceptors (Lipinski definition) is 3. The molecule has 2 saturated heterocycles. The van der Waals surface area contributed by atoms with Gasteiger partial charge in [0.15, 0.2) is 0 Å². The Morgan fingerprint density at radius 3 is 2.90 bits per heavy atom. The van der Waals surface area contributed by atoms with Crippen LogP contribution in [0.3, 0.4) is 0 Å². The molecule has 0 spiro atoms. The van der Waals surface area contributed by atoms with Crippen LogP contribution in [-0.4, -0.2) is 34.4 Å². The number of hydrogen-bond donors (Lipinski definition) is 1. The third kappa shape index (κ3) is 2.92. The number of nitrogens with one attached hydrogen (secondary N) is 1. The largest absolute Gasteiger partial charge is 0.320 e. The Hall–Kier alpha value is -1.14. The Labute approximate surface area is 127 Å². The summed E-state index contributed by atoms with van der Waals surface area (Å²) in [5, 5.41) is 3.52. The van der Waals surface area contributed by atoms with E-state index in [-0.39, 0.29) is 11.9 Å². The average molecular weight is 312 g/mol. The predicted octanol–water partition coefficient (Wildman–Crippen LogP) is 2.68. The molecule has 2 aliphatic rings. The predicted molar refractivity (Wildman–Crippen MR) is 78.9 cm³/mol. The molecule has 0 aromatic heterocycles. The monoisotopic (exact) mass is 312 g/mol. The first-order valence-electron chi connectivity index (χ1n) is 7.19. The van der Waals surface area contributed by atoms with Crippen LogP contribution in [0.1, 0.15) is 31.5 Å². The summed E-state index contributed by atoms with van der Waals surface area (Å²) in [5.41, 5.74) is 0.331. The zero-order valence-electron chi connectivity index (χ0n) is 11.8. The van der Waals surface area contributed by atoms with E-state index in [0.29, 0.717) is 17.4 Å². The lowest BCUT2D eigenvalue weighted by atomic mass is 10.1. The van der Waals surface area contributed by atoms with Crippen molar-refractivity contribution in [3.05, 3.63) is 35.4 Å². The molecule has 2 aliphatic heterocycles. The van der Waals surface area contributed by atoms with E-state index in [2.05, 4.69) is 5.32 Å². The van der Waals surface area contributed by atoms with E-state index in [1.54, 1.807) is 11.8 Å². The Bertz CT molecular complexity index is 548. The van der Waals surface area contributed by atoms with Crippen molar-refractivity contribution in [1.82, 2.24) is 10.2 Å². The quantitative estimate of drug-likeness (QED) is 0.931. The van der Waals surface area contributed by atoms with Gasteiger partial charge in [-0.1, -0.05) is 0 Å². The number of rotatable bonds is 3. The number of carbonyl (C=O) groups is 1. The Morgan fingerprint density at radius 2 is 2.24 bits per heavy atom. The van der Waals surface area contributed by atoms with Gasteiger partial charge in [-0.2, -0.15) is 11.8 Å². The van der Waals surface area contributed by atoms with Crippen LogP contribution in [0, 0.1) is 11.6 Å². The summed E-state index contributed by atoms with van der Waals surface area (Å²) in [6, 6.07) is 3.18. The standard InChI is InChI=1S/C15H18F2N2OS/c1-9-15(20)19(8-11-3-2-6-21-11)14(18-9)12-5-4-10(16)7-13(12)17/h4-5,7,9,11,14,18H,2-3,6,8H2,1H3.